The molecule has 0 aromatic heterocycles. The third-order valence-corrected chi connectivity index (χ3v) is 2.88. The number of carbonyl (C=O) groups is 1. The molecule has 0 aliphatic heterocycles. The number of hydrogen-bond donors (Lipinski definition) is 2. The first kappa shape index (κ1) is 15.0. The molecule has 2 rings (SSSR count). The number of benzene rings is 2. The van der Waals surface area contributed by atoms with E-state index in [0.717, 1.165) is 5.56 Å². The van der Waals surface area contributed by atoms with Gasteiger partial charge in [-0.2, -0.15) is 0 Å². The van der Waals surface area contributed by atoms with Crippen molar-refractivity contribution < 1.29 is 13.9 Å². The topological polar surface area (TPSA) is 64.3 Å². The number of anilines is 1. The number of hydrogen-bond acceptors (Lipinski definition) is 3. The fourth-order valence-corrected chi connectivity index (χ4v) is 1.80. The van der Waals surface area contributed by atoms with Crippen LogP contribution in [0.2, 0.25) is 0 Å². The maximum atomic E-state index is 13.4. The molecule has 0 spiro atoms. The molecule has 0 fully saturated rings. The van der Waals surface area contributed by atoms with Crippen LogP contribution in [0.5, 0.6) is 5.75 Å². The minimum Gasteiger partial charge on any atom is -0.493 e. The number of halogens is 1. The smallest absolute Gasteiger partial charge is 0.227 e. The van der Waals surface area contributed by atoms with Crippen molar-refractivity contribution >= 4 is 11.6 Å². The Morgan fingerprint density at radius 3 is 2.76 bits per heavy atom. The minimum absolute atomic E-state index is 0.140. The van der Waals surface area contributed by atoms with E-state index in [1.165, 1.54) is 12.1 Å². The van der Waals surface area contributed by atoms with Crippen molar-refractivity contribution in [2.45, 2.75) is 13.0 Å². The predicted octanol–water partition coefficient (Wildman–Crippen LogP) is 2.69. The Labute approximate surface area is 122 Å². The Balaban J connectivity index is 1.80. The number of nitrogens with one attached hydrogen (secondary N) is 1. The molecule has 3 N–H and O–H groups in total. The SMILES string of the molecule is NCc1cccc(OCCC(=O)Nc2ccccc2F)c1. The first-order valence-electron chi connectivity index (χ1n) is 6.65. The summed E-state index contributed by atoms with van der Waals surface area (Å²) in [6.07, 6.45) is 0.140. The van der Waals surface area contributed by atoms with Gasteiger partial charge in [-0.3, -0.25) is 4.79 Å². The monoisotopic (exact) mass is 288 g/mol. The van der Waals surface area contributed by atoms with Gasteiger partial charge in [0.1, 0.15) is 11.6 Å². The Bertz CT molecular complexity index is 617. The van der Waals surface area contributed by atoms with Crippen molar-refractivity contribution in [1.29, 1.82) is 0 Å². The molecular formula is C16H17FN2O2. The van der Waals surface area contributed by atoms with Crippen LogP contribution in [-0.2, 0) is 11.3 Å². The lowest BCUT2D eigenvalue weighted by molar-refractivity contribution is -0.116. The van der Waals surface area contributed by atoms with E-state index in [4.69, 9.17) is 10.5 Å². The molecule has 21 heavy (non-hydrogen) atoms. The molecule has 110 valence electrons. The van der Waals surface area contributed by atoms with E-state index >= 15 is 0 Å². The first-order valence-corrected chi connectivity index (χ1v) is 6.65. The van der Waals surface area contributed by atoms with Gasteiger partial charge >= 0.3 is 0 Å². The van der Waals surface area contributed by atoms with E-state index in [1.54, 1.807) is 18.2 Å². The fraction of sp³-hybridized carbons (Fsp3) is 0.188. The Kier molecular flexibility index (Phi) is 5.29. The Morgan fingerprint density at radius 2 is 2.00 bits per heavy atom. The van der Waals surface area contributed by atoms with Gasteiger partial charge in [0.2, 0.25) is 5.91 Å². The van der Waals surface area contributed by atoms with Gasteiger partial charge in [-0.1, -0.05) is 24.3 Å². The van der Waals surface area contributed by atoms with E-state index < -0.39 is 5.82 Å². The van der Waals surface area contributed by atoms with Crippen LogP contribution in [-0.4, -0.2) is 12.5 Å². The lowest BCUT2D eigenvalue weighted by Gasteiger charge is -2.08. The van der Waals surface area contributed by atoms with Crippen LogP contribution >= 0.6 is 0 Å². The molecular weight excluding hydrogens is 271 g/mol. The van der Waals surface area contributed by atoms with Crippen molar-refractivity contribution in [2.24, 2.45) is 5.73 Å². The van der Waals surface area contributed by atoms with Gasteiger partial charge < -0.3 is 15.8 Å². The molecule has 2 aromatic carbocycles. The van der Waals surface area contributed by atoms with E-state index in [9.17, 15) is 9.18 Å². The molecule has 4 nitrogen and oxygen atoms in total. The largest absolute Gasteiger partial charge is 0.493 e. The summed E-state index contributed by atoms with van der Waals surface area (Å²) in [6.45, 7) is 0.652. The average molecular weight is 288 g/mol. The van der Waals surface area contributed by atoms with Gasteiger partial charge in [-0.15, -0.1) is 0 Å². The van der Waals surface area contributed by atoms with Crippen molar-refractivity contribution in [3.05, 3.63) is 59.9 Å². The van der Waals surface area contributed by atoms with Crippen molar-refractivity contribution in [3.63, 3.8) is 0 Å². The number of rotatable bonds is 6. The highest BCUT2D eigenvalue weighted by atomic mass is 19.1. The lowest BCUT2D eigenvalue weighted by atomic mass is 10.2. The number of ether oxygens (including phenoxy) is 1. The second-order valence-corrected chi connectivity index (χ2v) is 4.48. The minimum atomic E-state index is -0.456. The molecule has 0 saturated heterocycles. The summed E-state index contributed by atoms with van der Waals surface area (Å²) >= 11 is 0. The van der Waals surface area contributed by atoms with Crippen LogP contribution in [0.1, 0.15) is 12.0 Å². The van der Waals surface area contributed by atoms with Crippen LogP contribution in [0.15, 0.2) is 48.5 Å². The Morgan fingerprint density at radius 1 is 1.19 bits per heavy atom. The van der Waals surface area contributed by atoms with Gasteiger partial charge in [0.15, 0.2) is 0 Å². The Hall–Kier alpha value is -2.40. The van der Waals surface area contributed by atoms with Crippen LogP contribution in [0.3, 0.4) is 0 Å². The highest BCUT2D eigenvalue weighted by Crippen LogP contribution is 2.14. The molecule has 0 bridgehead atoms. The van der Waals surface area contributed by atoms with Crippen LogP contribution in [0, 0.1) is 5.82 Å². The van der Waals surface area contributed by atoms with Crippen LogP contribution in [0.25, 0.3) is 0 Å². The normalized spacial score (nSPS) is 10.2. The summed E-state index contributed by atoms with van der Waals surface area (Å²) < 4.78 is 18.8. The highest BCUT2D eigenvalue weighted by molar-refractivity contribution is 5.90. The summed E-state index contributed by atoms with van der Waals surface area (Å²) in [5.41, 5.74) is 6.68. The first-order chi connectivity index (χ1) is 10.2. The van der Waals surface area contributed by atoms with Crippen LogP contribution < -0.4 is 15.8 Å². The number of amides is 1. The standard InChI is InChI=1S/C16H17FN2O2/c17-14-6-1-2-7-15(14)19-16(20)8-9-21-13-5-3-4-12(10-13)11-18/h1-7,10H,8-9,11,18H2,(H,19,20). The summed E-state index contributed by atoms with van der Waals surface area (Å²) in [5.74, 6) is -0.0888. The lowest BCUT2D eigenvalue weighted by Crippen LogP contribution is -2.16. The number of para-hydroxylation sites is 1. The number of nitrogens with two attached hydrogens (primary N) is 1. The zero-order chi connectivity index (χ0) is 15.1. The molecule has 0 heterocycles. The van der Waals surface area contributed by atoms with Gasteiger partial charge in [0.05, 0.1) is 18.7 Å². The molecule has 5 heteroatoms. The molecule has 0 atom stereocenters. The maximum Gasteiger partial charge on any atom is 0.227 e. The van der Waals surface area contributed by atoms with Crippen molar-refractivity contribution in [2.75, 3.05) is 11.9 Å². The molecule has 0 radical (unpaired) electrons. The third kappa shape index (κ3) is 4.57. The molecule has 0 aliphatic carbocycles. The fourth-order valence-electron chi connectivity index (χ4n) is 1.80. The molecule has 0 unspecified atom stereocenters. The van der Waals surface area contributed by atoms with Gasteiger partial charge in [0, 0.05) is 6.54 Å². The molecule has 1 amide bonds. The van der Waals surface area contributed by atoms with Gasteiger partial charge in [-0.25, -0.2) is 4.39 Å². The van der Waals surface area contributed by atoms with Crippen molar-refractivity contribution in [3.8, 4) is 5.75 Å². The predicted molar refractivity (Wildman–Crippen MR) is 79.5 cm³/mol. The summed E-state index contributed by atoms with van der Waals surface area (Å²) in [7, 11) is 0. The zero-order valence-electron chi connectivity index (χ0n) is 11.5. The number of carbonyl (C=O) groups excluding carboxylic acids is 1. The van der Waals surface area contributed by atoms with Gasteiger partial charge in [-0.05, 0) is 29.8 Å². The summed E-state index contributed by atoms with van der Waals surface area (Å²) in [5, 5.41) is 2.51. The van der Waals surface area contributed by atoms with Gasteiger partial charge in [0.25, 0.3) is 0 Å². The van der Waals surface area contributed by atoms with E-state index in [2.05, 4.69) is 5.32 Å². The highest BCUT2D eigenvalue weighted by Gasteiger charge is 2.06. The van der Waals surface area contributed by atoms with E-state index in [0.29, 0.717) is 12.3 Å². The van der Waals surface area contributed by atoms with Crippen LogP contribution in [0.4, 0.5) is 10.1 Å². The van der Waals surface area contributed by atoms with E-state index in [-0.39, 0.29) is 24.6 Å². The third-order valence-electron chi connectivity index (χ3n) is 2.88. The average Bonchev–Trinajstić information content (AvgIpc) is 2.50. The molecule has 0 aliphatic rings. The second kappa shape index (κ2) is 7.40. The van der Waals surface area contributed by atoms with E-state index in [1.807, 2.05) is 18.2 Å². The summed E-state index contributed by atoms with van der Waals surface area (Å²) in [6, 6.07) is 13.4. The maximum absolute atomic E-state index is 13.4. The molecule has 0 saturated carbocycles. The second-order valence-electron chi connectivity index (χ2n) is 4.48. The zero-order valence-corrected chi connectivity index (χ0v) is 11.5. The quantitative estimate of drug-likeness (QED) is 0.859. The molecule has 2 aromatic rings. The van der Waals surface area contributed by atoms with Crippen molar-refractivity contribution in [1.82, 2.24) is 0 Å². The summed E-state index contributed by atoms with van der Waals surface area (Å²) in [4.78, 5) is 11.7.